The van der Waals surface area contributed by atoms with Crippen LogP contribution >= 0.6 is 11.8 Å². The summed E-state index contributed by atoms with van der Waals surface area (Å²) in [6.07, 6.45) is -0.292. The molecule has 0 aliphatic carbocycles. The van der Waals surface area contributed by atoms with Gasteiger partial charge in [0.1, 0.15) is 11.6 Å². The van der Waals surface area contributed by atoms with E-state index in [1.165, 1.54) is 23.9 Å². The Morgan fingerprint density at radius 1 is 0.973 bits per heavy atom. The summed E-state index contributed by atoms with van der Waals surface area (Å²) in [7, 11) is 0. The van der Waals surface area contributed by atoms with E-state index in [0.29, 0.717) is 24.8 Å². The minimum atomic E-state index is -0.292. The zero-order chi connectivity index (χ0) is 26.5. The average Bonchev–Trinajstić information content (AvgIpc) is 3.33. The van der Waals surface area contributed by atoms with Crippen LogP contribution in [-0.2, 0) is 4.79 Å². The van der Waals surface area contributed by atoms with Crippen LogP contribution in [0.25, 0.3) is 0 Å². The number of halogens is 1. The first-order valence-electron chi connectivity index (χ1n) is 12.9. The Kier molecular flexibility index (Phi) is 8.74. The summed E-state index contributed by atoms with van der Waals surface area (Å²) in [6, 6.07) is 14.7. The fourth-order valence-electron chi connectivity index (χ4n) is 4.54. The molecule has 4 rings (SSSR count). The molecule has 37 heavy (non-hydrogen) atoms. The van der Waals surface area contributed by atoms with E-state index in [9.17, 15) is 9.18 Å². The molecule has 1 aliphatic heterocycles. The van der Waals surface area contributed by atoms with E-state index < -0.39 is 0 Å². The second-order valence-corrected chi connectivity index (χ2v) is 10.8. The maximum absolute atomic E-state index is 13.2. The molecule has 2 aromatic carbocycles. The molecular formula is C28H36FN5O2S. The molecule has 0 bridgehead atoms. The summed E-state index contributed by atoms with van der Waals surface area (Å²) >= 11 is 1.42. The summed E-state index contributed by atoms with van der Waals surface area (Å²) in [5, 5.41) is 9.60. The molecule has 3 aromatic rings. The SMILES string of the molecule is CC(C)c1ccccc1OC(C)c1nnc(SCC(=O)N2CCN(c3ccc(F)cc3)CC2)n1C(C)C. The first kappa shape index (κ1) is 27.0. The van der Waals surface area contributed by atoms with Gasteiger partial charge in [-0.25, -0.2) is 4.39 Å². The number of hydrogen-bond acceptors (Lipinski definition) is 6. The number of amides is 1. The van der Waals surface area contributed by atoms with Crippen molar-refractivity contribution < 1.29 is 13.9 Å². The number of ether oxygens (including phenoxy) is 1. The van der Waals surface area contributed by atoms with Crippen LogP contribution in [0.3, 0.4) is 0 Å². The first-order valence-corrected chi connectivity index (χ1v) is 13.8. The van der Waals surface area contributed by atoms with Gasteiger partial charge in [-0.2, -0.15) is 0 Å². The number of anilines is 1. The molecular weight excluding hydrogens is 489 g/mol. The summed E-state index contributed by atoms with van der Waals surface area (Å²) < 4.78 is 21.6. The van der Waals surface area contributed by atoms with Crippen molar-refractivity contribution in [1.29, 1.82) is 0 Å². The molecule has 198 valence electrons. The monoisotopic (exact) mass is 525 g/mol. The van der Waals surface area contributed by atoms with E-state index in [-0.39, 0.29) is 23.9 Å². The molecule has 0 N–H and O–H groups in total. The Labute approximate surface area is 223 Å². The molecule has 0 spiro atoms. The second-order valence-electron chi connectivity index (χ2n) is 9.89. The Bertz CT molecular complexity index is 1190. The first-order chi connectivity index (χ1) is 17.7. The van der Waals surface area contributed by atoms with Gasteiger partial charge in [-0.05, 0) is 62.6 Å². The number of hydrogen-bond donors (Lipinski definition) is 0. The van der Waals surface area contributed by atoms with E-state index in [1.807, 2.05) is 30.0 Å². The summed E-state index contributed by atoms with van der Waals surface area (Å²) in [4.78, 5) is 17.0. The second kappa shape index (κ2) is 12.0. The fraction of sp³-hybridized carbons (Fsp3) is 0.464. The maximum atomic E-state index is 13.2. The molecule has 1 unspecified atom stereocenters. The topological polar surface area (TPSA) is 63.5 Å². The van der Waals surface area contributed by atoms with E-state index >= 15 is 0 Å². The lowest BCUT2D eigenvalue weighted by Gasteiger charge is -2.36. The molecule has 1 aliphatic rings. The van der Waals surface area contributed by atoms with E-state index in [0.717, 1.165) is 41.1 Å². The van der Waals surface area contributed by atoms with Gasteiger partial charge in [0, 0.05) is 37.9 Å². The quantitative estimate of drug-likeness (QED) is 0.334. The van der Waals surface area contributed by atoms with Crippen LogP contribution in [0.15, 0.2) is 53.7 Å². The van der Waals surface area contributed by atoms with Crippen LogP contribution < -0.4 is 9.64 Å². The molecule has 9 heteroatoms. The van der Waals surface area contributed by atoms with Gasteiger partial charge in [0.2, 0.25) is 5.91 Å². The normalized spacial score (nSPS) is 14.9. The highest BCUT2D eigenvalue weighted by Gasteiger charge is 2.25. The number of para-hydroxylation sites is 1. The van der Waals surface area contributed by atoms with Gasteiger partial charge in [-0.1, -0.05) is 43.8 Å². The Hall–Kier alpha value is -3.07. The lowest BCUT2D eigenvalue weighted by molar-refractivity contribution is -0.128. The summed E-state index contributed by atoms with van der Waals surface area (Å²) in [6.45, 7) is 13.2. The molecule has 1 atom stereocenters. The van der Waals surface area contributed by atoms with Crippen LogP contribution in [0.1, 0.15) is 64.1 Å². The molecule has 1 fully saturated rings. The van der Waals surface area contributed by atoms with Gasteiger partial charge in [-0.3, -0.25) is 4.79 Å². The van der Waals surface area contributed by atoms with Crippen LogP contribution in [0, 0.1) is 5.82 Å². The molecule has 7 nitrogen and oxygen atoms in total. The Morgan fingerprint density at radius 3 is 2.30 bits per heavy atom. The number of piperazine rings is 1. The van der Waals surface area contributed by atoms with Gasteiger partial charge in [0.05, 0.1) is 5.75 Å². The van der Waals surface area contributed by atoms with Crippen molar-refractivity contribution in [1.82, 2.24) is 19.7 Å². The fourth-order valence-corrected chi connectivity index (χ4v) is 5.52. The lowest BCUT2D eigenvalue weighted by atomic mass is 10.0. The van der Waals surface area contributed by atoms with Gasteiger partial charge in [0.15, 0.2) is 17.1 Å². The van der Waals surface area contributed by atoms with Crippen molar-refractivity contribution in [3.63, 3.8) is 0 Å². The van der Waals surface area contributed by atoms with Crippen LogP contribution in [0.5, 0.6) is 5.75 Å². The van der Waals surface area contributed by atoms with Crippen molar-refractivity contribution in [2.24, 2.45) is 0 Å². The van der Waals surface area contributed by atoms with Crippen LogP contribution in [0.4, 0.5) is 10.1 Å². The lowest BCUT2D eigenvalue weighted by Crippen LogP contribution is -2.49. The Morgan fingerprint density at radius 2 is 1.65 bits per heavy atom. The molecule has 2 heterocycles. The van der Waals surface area contributed by atoms with Crippen LogP contribution in [-0.4, -0.2) is 57.5 Å². The predicted octanol–water partition coefficient (Wildman–Crippen LogP) is 5.70. The molecule has 1 saturated heterocycles. The van der Waals surface area contributed by atoms with Gasteiger partial charge < -0.3 is 19.1 Å². The average molecular weight is 526 g/mol. The van der Waals surface area contributed by atoms with Crippen LogP contribution in [0.2, 0.25) is 0 Å². The van der Waals surface area contributed by atoms with Crippen molar-refractivity contribution in [3.8, 4) is 5.75 Å². The number of aromatic nitrogens is 3. The van der Waals surface area contributed by atoms with Gasteiger partial charge in [0.25, 0.3) is 0 Å². The zero-order valence-electron chi connectivity index (χ0n) is 22.2. The van der Waals surface area contributed by atoms with Crippen molar-refractivity contribution in [2.45, 2.75) is 57.8 Å². The molecule has 0 saturated carbocycles. The number of carbonyl (C=O) groups is 1. The number of carbonyl (C=O) groups excluding carboxylic acids is 1. The Balaban J connectivity index is 1.37. The zero-order valence-corrected chi connectivity index (χ0v) is 23.0. The predicted molar refractivity (Wildman–Crippen MR) is 146 cm³/mol. The third-order valence-corrected chi connectivity index (χ3v) is 7.49. The van der Waals surface area contributed by atoms with Gasteiger partial charge in [-0.15, -0.1) is 10.2 Å². The van der Waals surface area contributed by atoms with Gasteiger partial charge >= 0.3 is 0 Å². The van der Waals surface area contributed by atoms with E-state index in [4.69, 9.17) is 4.74 Å². The molecule has 1 amide bonds. The summed E-state index contributed by atoms with van der Waals surface area (Å²) in [5.74, 6) is 2.09. The number of thioether (sulfide) groups is 1. The highest BCUT2D eigenvalue weighted by Crippen LogP contribution is 2.32. The molecule has 0 radical (unpaired) electrons. The number of benzene rings is 2. The van der Waals surface area contributed by atoms with Crippen molar-refractivity contribution in [3.05, 3.63) is 65.7 Å². The highest BCUT2D eigenvalue weighted by molar-refractivity contribution is 7.99. The maximum Gasteiger partial charge on any atom is 0.233 e. The minimum absolute atomic E-state index is 0.0822. The standard InChI is InChI=1S/C28H36FN5O2S/c1-19(2)24-8-6-7-9-25(24)36-21(5)27-30-31-28(34(27)20(3)4)37-18-26(35)33-16-14-32(15-17-33)23-12-10-22(29)11-13-23/h6-13,19-21H,14-18H2,1-5H3. The smallest absolute Gasteiger partial charge is 0.233 e. The van der Waals surface area contributed by atoms with Crippen molar-refractivity contribution in [2.75, 3.05) is 36.8 Å². The number of rotatable bonds is 9. The largest absolute Gasteiger partial charge is 0.482 e. The third kappa shape index (κ3) is 6.44. The van der Waals surface area contributed by atoms with E-state index in [1.54, 1.807) is 12.1 Å². The minimum Gasteiger partial charge on any atom is -0.482 e. The molecule has 1 aromatic heterocycles. The van der Waals surface area contributed by atoms with Crippen molar-refractivity contribution >= 4 is 23.4 Å². The van der Waals surface area contributed by atoms with E-state index in [2.05, 4.69) is 53.4 Å². The third-order valence-electron chi connectivity index (χ3n) is 6.56. The summed E-state index contributed by atoms with van der Waals surface area (Å²) in [5.41, 5.74) is 2.14. The highest BCUT2D eigenvalue weighted by atomic mass is 32.2. The number of nitrogens with zero attached hydrogens (tertiary/aromatic N) is 5.